The van der Waals surface area contributed by atoms with Gasteiger partial charge in [-0.15, -0.1) is 11.3 Å². The number of aromatic nitrogens is 1. The van der Waals surface area contributed by atoms with Crippen molar-refractivity contribution in [2.24, 2.45) is 0 Å². The van der Waals surface area contributed by atoms with E-state index in [0.29, 0.717) is 12.1 Å². The lowest BCUT2D eigenvalue weighted by atomic mass is 10.0. The zero-order valence-corrected chi connectivity index (χ0v) is 17.5. The van der Waals surface area contributed by atoms with Crippen LogP contribution in [0.3, 0.4) is 0 Å². The molecule has 0 radical (unpaired) electrons. The maximum Gasteiger partial charge on any atom is 0.407 e. The van der Waals surface area contributed by atoms with Gasteiger partial charge < -0.3 is 15.4 Å². The number of amides is 2. The number of methoxy groups -OCH3 is 1. The second-order valence-electron chi connectivity index (χ2n) is 5.96. The summed E-state index contributed by atoms with van der Waals surface area (Å²) < 4.78 is 37.0. The molecule has 0 unspecified atom stereocenters. The fraction of sp³-hybridized carbons (Fsp3) is 0.353. The summed E-state index contributed by atoms with van der Waals surface area (Å²) in [6, 6.07) is 5.90. The summed E-state index contributed by atoms with van der Waals surface area (Å²) in [6.45, 7) is 1.74. The number of hydrogen-bond acceptors (Lipinski definition) is 7. The van der Waals surface area contributed by atoms with Crippen LogP contribution in [0.2, 0.25) is 0 Å². The molecular formula is C17H22N4O6S2. The highest BCUT2D eigenvalue weighted by molar-refractivity contribution is 7.87. The average Bonchev–Trinajstić information content (AvgIpc) is 3.15. The van der Waals surface area contributed by atoms with E-state index in [1.54, 1.807) is 12.1 Å². The molecule has 0 bridgehead atoms. The van der Waals surface area contributed by atoms with Crippen molar-refractivity contribution in [3.63, 3.8) is 0 Å². The fourth-order valence-electron chi connectivity index (χ4n) is 2.44. The maximum atomic E-state index is 12.2. The van der Waals surface area contributed by atoms with Crippen LogP contribution in [0.25, 0.3) is 0 Å². The van der Waals surface area contributed by atoms with Crippen molar-refractivity contribution in [3.05, 3.63) is 45.9 Å². The van der Waals surface area contributed by atoms with E-state index in [-0.39, 0.29) is 12.2 Å². The first-order valence-electron chi connectivity index (χ1n) is 8.59. The minimum atomic E-state index is -4.35. The van der Waals surface area contributed by atoms with Gasteiger partial charge >= 0.3 is 16.4 Å². The zero-order chi connectivity index (χ0) is 21.4. The maximum absolute atomic E-state index is 12.2. The van der Waals surface area contributed by atoms with E-state index in [4.69, 9.17) is 4.55 Å². The molecule has 0 aliphatic rings. The summed E-state index contributed by atoms with van der Waals surface area (Å²) in [5.41, 5.74) is 1.71. The Bertz CT molecular complexity index is 943. The number of carbonyl (C=O) groups excluding carboxylic acids is 2. The predicted octanol–water partition coefficient (Wildman–Crippen LogP) is 1.68. The Kier molecular flexibility index (Phi) is 7.93. The number of ether oxygens (including phenoxy) is 1. The molecule has 0 fully saturated rings. The first kappa shape index (κ1) is 22.6. The SMILES string of the molecule is CCc1nc([C@H](Cc2ccc(NS(=O)(=O)O)cc2)NC(=O)CNC(=O)OC)cs1. The van der Waals surface area contributed by atoms with Crippen molar-refractivity contribution >= 4 is 39.3 Å². The first-order valence-corrected chi connectivity index (χ1v) is 10.9. The van der Waals surface area contributed by atoms with Crippen molar-refractivity contribution in [3.8, 4) is 0 Å². The fourth-order valence-corrected chi connectivity index (χ4v) is 3.67. The summed E-state index contributed by atoms with van der Waals surface area (Å²) in [5.74, 6) is -0.406. The number of nitrogens with zero attached hydrogens (tertiary/aromatic N) is 1. The van der Waals surface area contributed by atoms with E-state index in [0.717, 1.165) is 17.0 Å². The van der Waals surface area contributed by atoms with E-state index < -0.39 is 28.3 Å². The summed E-state index contributed by atoms with van der Waals surface area (Å²) in [7, 11) is -3.14. The van der Waals surface area contributed by atoms with Gasteiger partial charge in [-0.25, -0.2) is 9.78 Å². The van der Waals surface area contributed by atoms with Gasteiger partial charge in [0.2, 0.25) is 5.91 Å². The van der Waals surface area contributed by atoms with E-state index >= 15 is 0 Å². The van der Waals surface area contributed by atoms with Crippen LogP contribution in [0.1, 0.15) is 29.2 Å². The van der Waals surface area contributed by atoms with Gasteiger partial charge in [-0.05, 0) is 30.5 Å². The summed E-state index contributed by atoms with van der Waals surface area (Å²) in [4.78, 5) is 27.9. The molecule has 0 aliphatic carbocycles. The molecule has 1 aromatic heterocycles. The van der Waals surface area contributed by atoms with Crippen LogP contribution in [-0.2, 0) is 32.7 Å². The Morgan fingerprint density at radius 3 is 2.52 bits per heavy atom. The minimum Gasteiger partial charge on any atom is -0.453 e. The number of aryl methyl sites for hydroxylation is 1. The van der Waals surface area contributed by atoms with E-state index in [1.165, 1.54) is 30.6 Å². The van der Waals surface area contributed by atoms with Gasteiger partial charge in [-0.2, -0.15) is 8.42 Å². The van der Waals surface area contributed by atoms with Gasteiger partial charge in [0.15, 0.2) is 0 Å². The standard InChI is InChI=1S/C17H22N4O6S2/c1-3-16-20-14(10-28-16)13(19-15(22)9-18-17(23)27-2)8-11-4-6-12(7-5-11)21-29(24,25)26/h4-7,10,13,21H,3,8-9H2,1-2H3,(H,18,23)(H,19,22)(H,24,25,26)/t13-/m0/s1. The molecule has 29 heavy (non-hydrogen) atoms. The van der Waals surface area contributed by atoms with Gasteiger partial charge in [0.05, 0.1) is 29.5 Å². The van der Waals surface area contributed by atoms with Gasteiger partial charge in [0, 0.05) is 5.38 Å². The number of alkyl carbamates (subject to hydrolysis) is 1. The second-order valence-corrected chi connectivity index (χ2v) is 8.06. The highest BCUT2D eigenvalue weighted by atomic mass is 32.2. The molecule has 0 aliphatic heterocycles. The van der Waals surface area contributed by atoms with Crippen LogP contribution in [-0.4, -0.2) is 43.6 Å². The summed E-state index contributed by atoms with van der Waals surface area (Å²) in [6.07, 6.45) is 0.453. The molecule has 2 rings (SSSR count). The van der Waals surface area contributed by atoms with E-state index in [9.17, 15) is 18.0 Å². The molecule has 0 spiro atoms. The second kappa shape index (κ2) is 10.2. The van der Waals surface area contributed by atoms with Crippen LogP contribution in [0.15, 0.2) is 29.6 Å². The summed E-state index contributed by atoms with van der Waals surface area (Å²) >= 11 is 1.49. The van der Waals surface area contributed by atoms with Crippen LogP contribution in [0, 0.1) is 0 Å². The minimum absolute atomic E-state index is 0.209. The molecule has 1 aromatic carbocycles. The Balaban J connectivity index is 2.12. The number of hydrogen-bond donors (Lipinski definition) is 4. The normalized spacial score (nSPS) is 12.1. The highest BCUT2D eigenvalue weighted by Crippen LogP contribution is 2.22. The van der Waals surface area contributed by atoms with Gasteiger partial charge in [-0.1, -0.05) is 19.1 Å². The van der Waals surface area contributed by atoms with Crippen LogP contribution >= 0.6 is 11.3 Å². The summed E-state index contributed by atoms with van der Waals surface area (Å²) in [5, 5.41) is 7.95. The largest absolute Gasteiger partial charge is 0.453 e. The molecule has 4 N–H and O–H groups in total. The van der Waals surface area contributed by atoms with E-state index in [2.05, 4.69) is 20.4 Å². The molecule has 158 valence electrons. The zero-order valence-electron chi connectivity index (χ0n) is 15.8. The number of anilines is 1. The van der Waals surface area contributed by atoms with Gasteiger partial charge in [0.1, 0.15) is 6.54 Å². The number of benzene rings is 1. The van der Waals surface area contributed by atoms with Crippen LogP contribution < -0.4 is 15.4 Å². The molecule has 1 atom stereocenters. The molecule has 0 saturated heterocycles. The predicted molar refractivity (Wildman–Crippen MR) is 108 cm³/mol. The van der Waals surface area contributed by atoms with Crippen molar-refractivity contribution < 1.29 is 27.3 Å². The quantitative estimate of drug-likeness (QED) is 0.432. The lowest BCUT2D eigenvalue weighted by molar-refractivity contribution is -0.120. The highest BCUT2D eigenvalue weighted by Gasteiger charge is 2.19. The third kappa shape index (κ3) is 7.68. The molecule has 2 amide bonds. The molecule has 2 aromatic rings. The monoisotopic (exact) mass is 442 g/mol. The van der Waals surface area contributed by atoms with Gasteiger partial charge in [0.25, 0.3) is 0 Å². The lowest BCUT2D eigenvalue weighted by Crippen LogP contribution is -2.39. The number of thiazole rings is 1. The Labute approximate surface area is 172 Å². The molecule has 12 heteroatoms. The number of rotatable bonds is 9. The molecule has 1 heterocycles. The van der Waals surface area contributed by atoms with Crippen molar-refractivity contribution in [2.45, 2.75) is 25.8 Å². The van der Waals surface area contributed by atoms with E-state index in [1.807, 2.05) is 17.0 Å². The topological polar surface area (TPSA) is 147 Å². The third-order valence-electron chi connectivity index (χ3n) is 3.78. The molecule has 10 nitrogen and oxygen atoms in total. The van der Waals surface area contributed by atoms with Gasteiger partial charge in [-0.3, -0.25) is 14.1 Å². The Morgan fingerprint density at radius 1 is 1.28 bits per heavy atom. The average molecular weight is 443 g/mol. The Morgan fingerprint density at radius 2 is 1.97 bits per heavy atom. The van der Waals surface area contributed by atoms with Crippen molar-refractivity contribution in [2.75, 3.05) is 18.4 Å². The molecule has 0 saturated carbocycles. The van der Waals surface area contributed by atoms with Crippen molar-refractivity contribution in [1.29, 1.82) is 0 Å². The number of carbonyl (C=O) groups is 2. The van der Waals surface area contributed by atoms with Crippen LogP contribution in [0.4, 0.5) is 10.5 Å². The number of nitrogens with one attached hydrogen (secondary N) is 3. The first-order chi connectivity index (χ1) is 13.7. The third-order valence-corrected chi connectivity index (χ3v) is 5.29. The lowest BCUT2D eigenvalue weighted by Gasteiger charge is -2.18. The van der Waals surface area contributed by atoms with Crippen molar-refractivity contribution in [1.82, 2.24) is 15.6 Å². The molecular weight excluding hydrogens is 420 g/mol. The van der Waals surface area contributed by atoms with Crippen LogP contribution in [0.5, 0.6) is 0 Å². The Hall–Kier alpha value is -2.70. The smallest absolute Gasteiger partial charge is 0.407 e.